The smallest absolute Gasteiger partial charge is 0.191 e. The number of hydrogen-bond donors (Lipinski definition) is 3. The Labute approximate surface area is 184 Å². The Morgan fingerprint density at radius 1 is 1.04 bits per heavy atom. The van der Waals surface area contributed by atoms with Crippen molar-refractivity contribution in [2.24, 2.45) is 4.99 Å². The molecule has 0 amide bonds. The van der Waals surface area contributed by atoms with Gasteiger partial charge in [-0.2, -0.15) is 0 Å². The van der Waals surface area contributed by atoms with Gasteiger partial charge >= 0.3 is 0 Å². The number of guanidine groups is 1. The summed E-state index contributed by atoms with van der Waals surface area (Å²) < 4.78 is 0. The molecule has 0 unspecified atom stereocenters. The van der Waals surface area contributed by atoms with E-state index >= 15 is 0 Å². The van der Waals surface area contributed by atoms with Gasteiger partial charge in [0, 0.05) is 50.0 Å². The first-order valence-electron chi connectivity index (χ1n) is 9.51. The molecule has 1 aromatic heterocycles. The van der Waals surface area contributed by atoms with Gasteiger partial charge < -0.3 is 20.5 Å². The Balaban J connectivity index is 0.00000280. The van der Waals surface area contributed by atoms with Crippen LogP contribution in [0.3, 0.4) is 0 Å². The Morgan fingerprint density at radius 3 is 2.50 bits per heavy atom. The van der Waals surface area contributed by atoms with E-state index in [9.17, 15) is 0 Å². The molecule has 0 aliphatic heterocycles. The first-order chi connectivity index (χ1) is 13.2. The molecule has 0 saturated carbocycles. The Bertz CT molecular complexity index is 883. The molecular formula is C22H30IN5. The lowest BCUT2D eigenvalue weighted by Gasteiger charge is -2.13. The normalized spacial score (nSPS) is 11.2. The number of nitrogens with one attached hydrogen (secondary N) is 3. The molecule has 0 atom stereocenters. The lowest BCUT2D eigenvalue weighted by molar-refractivity contribution is 0.801. The van der Waals surface area contributed by atoms with Gasteiger partial charge in [0.05, 0.1) is 6.54 Å². The van der Waals surface area contributed by atoms with Crippen molar-refractivity contribution in [3.63, 3.8) is 0 Å². The number of anilines is 1. The van der Waals surface area contributed by atoms with Gasteiger partial charge in [0.1, 0.15) is 0 Å². The van der Waals surface area contributed by atoms with Crippen LogP contribution in [0.1, 0.15) is 18.1 Å². The van der Waals surface area contributed by atoms with Gasteiger partial charge in [-0.15, -0.1) is 24.0 Å². The van der Waals surface area contributed by atoms with Crippen LogP contribution in [0.2, 0.25) is 0 Å². The van der Waals surface area contributed by atoms with Crippen molar-refractivity contribution < 1.29 is 0 Å². The number of aromatic nitrogens is 1. The SMILES string of the molecule is CCNC(=NCc1ccc(N(C)C)cc1)NCCc1c[nH]c2ccccc12.I. The number of nitrogens with zero attached hydrogens (tertiary/aromatic N) is 2. The van der Waals surface area contributed by atoms with E-state index in [0.29, 0.717) is 6.54 Å². The van der Waals surface area contributed by atoms with Gasteiger partial charge in [0.25, 0.3) is 0 Å². The minimum atomic E-state index is 0. The predicted octanol–water partition coefficient (Wildman–Crippen LogP) is 4.15. The van der Waals surface area contributed by atoms with Crippen molar-refractivity contribution in [1.82, 2.24) is 15.6 Å². The number of halogens is 1. The summed E-state index contributed by atoms with van der Waals surface area (Å²) >= 11 is 0. The zero-order valence-electron chi connectivity index (χ0n) is 16.8. The Hall–Kier alpha value is -2.22. The molecule has 0 saturated heterocycles. The number of aromatic amines is 1. The lowest BCUT2D eigenvalue weighted by atomic mass is 10.1. The highest BCUT2D eigenvalue weighted by Gasteiger charge is 2.04. The molecule has 0 radical (unpaired) electrons. The number of para-hydroxylation sites is 1. The van der Waals surface area contributed by atoms with Crippen molar-refractivity contribution in [1.29, 1.82) is 0 Å². The summed E-state index contributed by atoms with van der Waals surface area (Å²) in [7, 11) is 4.10. The standard InChI is InChI=1S/C22H29N5.HI/c1-4-23-22(26-15-17-9-11-19(12-10-17)27(2)3)24-14-13-18-16-25-21-8-6-5-7-20(18)21;/h5-12,16,25H,4,13-15H2,1-3H3,(H2,23,24,26);1H. The molecule has 0 aliphatic carbocycles. The second-order valence-electron chi connectivity index (χ2n) is 6.79. The van der Waals surface area contributed by atoms with Crippen molar-refractivity contribution in [3.8, 4) is 0 Å². The van der Waals surface area contributed by atoms with Gasteiger partial charge in [-0.3, -0.25) is 0 Å². The molecule has 2 aromatic carbocycles. The molecule has 0 fully saturated rings. The Kier molecular flexibility index (Phi) is 8.63. The summed E-state index contributed by atoms with van der Waals surface area (Å²) in [5.41, 5.74) is 4.92. The van der Waals surface area contributed by atoms with E-state index in [2.05, 4.69) is 82.2 Å². The van der Waals surface area contributed by atoms with Gasteiger partial charge in [0.2, 0.25) is 0 Å². The molecule has 3 aromatic rings. The van der Waals surface area contributed by atoms with Gasteiger partial charge in [-0.25, -0.2) is 4.99 Å². The largest absolute Gasteiger partial charge is 0.378 e. The van der Waals surface area contributed by atoms with Crippen LogP contribution in [0.5, 0.6) is 0 Å². The highest BCUT2D eigenvalue weighted by molar-refractivity contribution is 14.0. The van der Waals surface area contributed by atoms with Crippen LogP contribution in [0.4, 0.5) is 5.69 Å². The van der Waals surface area contributed by atoms with Crippen molar-refractivity contribution in [2.75, 3.05) is 32.1 Å². The summed E-state index contributed by atoms with van der Waals surface area (Å²) in [5, 5.41) is 8.06. The third-order valence-electron chi connectivity index (χ3n) is 4.58. The average Bonchev–Trinajstić information content (AvgIpc) is 3.09. The number of aliphatic imine (C=N–C) groups is 1. The number of benzene rings is 2. The zero-order valence-corrected chi connectivity index (χ0v) is 19.2. The maximum absolute atomic E-state index is 4.71. The van der Waals surface area contributed by atoms with Gasteiger partial charge in [-0.05, 0) is 42.7 Å². The van der Waals surface area contributed by atoms with Crippen molar-refractivity contribution >= 4 is 46.5 Å². The van der Waals surface area contributed by atoms with E-state index in [1.807, 2.05) is 14.1 Å². The van der Waals surface area contributed by atoms with E-state index in [0.717, 1.165) is 25.5 Å². The van der Waals surface area contributed by atoms with Crippen LogP contribution in [0, 0.1) is 0 Å². The summed E-state index contributed by atoms with van der Waals surface area (Å²) in [5.74, 6) is 0.856. The van der Waals surface area contributed by atoms with E-state index in [-0.39, 0.29) is 24.0 Å². The number of fused-ring (bicyclic) bond motifs is 1. The lowest BCUT2D eigenvalue weighted by Crippen LogP contribution is -2.38. The molecule has 150 valence electrons. The van der Waals surface area contributed by atoms with Crippen molar-refractivity contribution in [3.05, 3.63) is 65.9 Å². The molecule has 6 heteroatoms. The minimum Gasteiger partial charge on any atom is -0.378 e. The third kappa shape index (κ3) is 5.89. The van der Waals surface area contributed by atoms with Crippen LogP contribution in [0.15, 0.2) is 59.7 Å². The van der Waals surface area contributed by atoms with E-state index in [4.69, 9.17) is 4.99 Å². The molecule has 0 spiro atoms. The molecule has 1 heterocycles. The van der Waals surface area contributed by atoms with Gasteiger partial charge in [0.15, 0.2) is 5.96 Å². The molecule has 3 N–H and O–H groups in total. The van der Waals surface area contributed by atoms with E-state index in [1.165, 1.54) is 27.7 Å². The molecular weight excluding hydrogens is 461 g/mol. The zero-order chi connectivity index (χ0) is 19.1. The highest BCUT2D eigenvalue weighted by Crippen LogP contribution is 2.17. The first kappa shape index (κ1) is 22.1. The summed E-state index contributed by atoms with van der Waals surface area (Å²) in [6.07, 6.45) is 3.05. The second-order valence-corrected chi connectivity index (χ2v) is 6.79. The first-order valence-corrected chi connectivity index (χ1v) is 9.51. The predicted molar refractivity (Wildman–Crippen MR) is 131 cm³/mol. The maximum atomic E-state index is 4.71. The van der Waals surface area contributed by atoms with Crippen LogP contribution in [-0.2, 0) is 13.0 Å². The van der Waals surface area contributed by atoms with Crippen LogP contribution < -0.4 is 15.5 Å². The molecule has 0 aliphatic rings. The fourth-order valence-electron chi connectivity index (χ4n) is 3.07. The van der Waals surface area contributed by atoms with Crippen LogP contribution >= 0.6 is 24.0 Å². The number of rotatable bonds is 7. The fourth-order valence-corrected chi connectivity index (χ4v) is 3.07. The van der Waals surface area contributed by atoms with Crippen LogP contribution in [-0.4, -0.2) is 38.1 Å². The van der Waals surface area contributed by atoms with Crippen molar-refractivity contribution in [2.45, 2.75) is 19.9 Å². The van der Waals surface area contributed by atoms with Gasteiger partial charge in [-0.1, -0.05) is 30.3 Å². The molecule has 5 nitrogen and oxygen atoms in total. The maximum Gasteiger partial charge on any atom is 0.191 e. The highest BCUT2D eigenvalue weighted by atomic mass is 127. The average molecular weight is 491 g/mol. The third-order valence-corrected chi connectivity index (χ3v) is 4.58. The Morgan fingerprint density at radius 2 is 1.79 bits per heavy atom. The van der Waals surface area contributed by atoms with E-state index < -0.39 is 0 Å². The summed E-state index contributed by atoms with van der Waals surface area (Å²) in [6.45, 7) is 4.44. The molecule has 0 bridgehead atoms. The quantitative estimate of drug-likeness (QED) is 0.265. The minimum absolute atomic E-state index is 0. The summed E-state index contributed by atoms with van der Waals surface area (Å²) in [6, 6.07) is 16.9. The fraction of sp³-hybridized carbons (Fsp3) is 0.318. The topological polar surface area (TPSA) is 55.5 Å². The molecule has 28 heavy (non-hydrogen) atoms. The van der Waals surface area contributed by atoms with E-state index in [1.54, 1.807) is 0 Å². The monoisotopic (exact) mass is 491 g/mol. The summed E-state index contributed by atoms with van der Waals surface area (Å²) in [4.78, 5) is 10.1. The molecule has 3 rings (SSSR count). The van der Waals surface area contributed by atoms with Crippen LogP contribution in [0.25, 0.3) is 10.9 Å². The second kappa shape index (κ2) is 10.9. The number of hydrogen-bond acceptors (Lipinski definition) is 2. The number of H-pyrrole nitrogens is 1.